The van der Waals surface area contributed by atoms with Gasteiger partial charge in [0.2, 0.25) is 5.91 Å². The van der Waals surface area contributed by atoms with Gasteiger partial charge in [0, 0.05) is 53.9 Å². The molecule has 0 bridgehead atoms. The quantitative estimate of drug-likeness (QED) is 0.0802. The minimum Gasteiger partial charge on any atom is -0.497 e. The van der Waals surface area contributed by atoms with Gasteiger partial charge in [0.1, 0.15) is 5.75 Å². The van der Waals surface area contributed by atoms with Gasteiger partial charge in [-0.15, -0.1) is 0 Å². The molecule has 1 heterocycles. The summed E-state index contributed by atoms with van der Waals surface area (Å²) in [5.41, 5.74) is 3.93. The van der Waals surface area contributed by atoms with Gasteiger partial charge in [-0.25, -0.2) is 9.75 Å². The first-order chi connectivity index (χ1) is 21.0. The molecule has 46 heavy (non-hydrogen) atoms. The molecule has 10 nitrogen and oxygen atoms in total. The summed E-state index contributed by atoms with van der Waals surface area (Å²) in [4.78, 5) is 33.6. The van der Waals surface area contributed by atoms with E-state index in [0.29, 0.717) is 27.1 Å². The maximum Gasteiger partial charge on any atom is 0.303 e. The highest BCUT2D eigenvalue weighted by molar-refractivity contribution is 6.31. The summed E-state index contributed by atoms with van der Waals surface area (Å²) < 4.78 is 7.04. The number of methoxy groups -OCH3 is 1. The number of aliphatic carboxylic acids is 1. The van der Waals surface area contributed by atoms with E-state index in [1.54, 1.807) is 31.4 Å². The molecule has 0 fully saturated rings. The standard InChI is InChI=1S/C20H20ClN3O3.C12H13ClO4.2CH4/c1-23(26)20(25)12-7-16-13-19(14-3-5-15(21)6-4-14)24(22-16)17-8-10-18(27-2)11-9-17;13-9-3-1-8(2-4-9)11(15)7-10(14)5-6-12(16)17;;/h3-6,8-11,13,26H,7,12H2,1-2H3;1-4,10,14H,5-7H2,(H,16,17);2*1H4. The third-order valence-corrected chi connectivity index (χ3v) is 6.96. The van der Waals surface area contributed by atoms with Gasteiger partial charge < -0.3 is 14.9 Å². The number of aromatic nitrogens is 2. The van der Waals surface area contributed by atoms with Gasteiger partial charge in [-0.3, -0.25) is 19.6 Å². The number of rotatable bonds is 12. The maximum atomic E-state index is 11.7. The highest BCUT2D eigenvalue weighted by atomic mass is 35.5. The number of halogens is 2. The molecule has 4 rings (SSSR count). The summed E-state index contributed by atoms with van der Waals surface area (Å²) in [6.45, 7) is 0. The van der Waals surface area contributed by atoms with E-state index in [0.717, 1.165) is 28.4 Å². The average molecular weight is 675 g/mol. The van der Waals surface area contributed by atoms with E-state index in [2.05, 4.69) is 5.10 Å². The number of hydrogen-bond acceptors (Lipinski definition) is 7. The molecule has 3 aromatic carbocycles. The van der Waals surface area contributed by atoms with Crippen LogP contribution in [0.3, 0.4) is 0 Å². The summed E-state index contributed by atoms with van der Waals surface area (Å²) in [7, 11) is 2.94. The third-order valence-electron chi connectivity index (χ3n) is 6.45. The lowest BCUT2D eigenvalue weighted by molar-refractivity contribution is -0.159. The number of aliphatic hydroxyl groups excluding tert-OH is 1. The predicted molar refractivity (Wildman–Crippen MR) is 180 cm³/mol. The molecular weight excluding hydrogens is 633 g/mol. The van der Waals surface area contributed by atoms with E-state index in [-0.39, 0.29) is 52.2 Å². The monoisotopic (exact) mass is 673 g/mol. The van der Waals surface area contributed by atoms with E-state index >= 15 is 0 Å². The van der Waals surface area contributed by atoms with Gasteiger partial charge in [-0.05, 0) is 73.2 Å². The molecule has 12 heteroatoms. The van der Waals surface area contributed by atoms with Crippen LogP contribution < -0.4 is 4.74 Å². The van der Waals surface area contributed by atoms with Crippen LogP contribution >= 0.6 is 23.2 Å². The highest BCUT2D eigenvalue weighted by Crippen LogP contribution is 2.27. The number of aliphatic hydroxyl groups is 1. The Morgan fingerprint density at radius 1 is 0.913 bits per heavy atom. The van der Waals surface area contributed by atoms with Crippen molar-refractivity contribution in [3.05, 3.63) is 100 Å². The SMILES string of the molecule is C.C.COc1ccc(-n2nc(CCC(=O)N(C)O)cc2-c2ccc(Cl)cc2)cc1.O=C(O)CCC(O)CC(=O)c1ccc(Cl)cc1. The number of Topliss-reactive ketones (excluding diaryl/α,β-unsaturated/α-hetero) is 1. The highest BCUT2D eigenvalue weighted by Gasteiger charge is 2.15. The smallest absolute Gasteiger partial charge is 0.303 e. The van der Waals surface area contributed by atoms with Crippen LogP contribution in [0.1, 0.15) is 56.6 Å². The molecule has 0 saturated carbocycles. The molecule has 248 valence electrons. The molecule has 0 aliphatic heterocycles. The van der Waals surface area contributed by atoms with Gasteiger partial charge in [-0.2, -0.15) is 5.10 Å². The summed E-state index contributed by atoms with van der Waals surface area (Å²) in [5.74, 6) is -0.805. The van der Waals surface area contributed by atoms with Crippen molar-refractivity contribution in [1.29, 1.82) is 0 Å². The predicted octanol–water partition coefficient (Wildman–Crippen LogP) is 7.39. The van der Waals surface area contributed by atoms with Gasteiger partial charge in [0.05, 0.1) is 30.3 Å². The number of carbonyl (C=O) groups excluding carboxylic acids is 2. The van der Waals surface area contributed by atoms with E-state index in [4.69, 9.17) is 33.0 Å². The Labute approximate surface area is 279 Å². The number of benzene rings is 3. The minimum absolute atomic E-state index is 0. The van der Waals surface area contributed by atoms with Crippen LogP contribution in [0.25, 0.3) is 16.9 Å². The third kappa shape index (κ3) is 12.3. The van der Waals surface area contributed by atoms with Crippen LogP contribution in [0.15, 0.2) is 78.9 Å². The zero-order valence-corrected chi connectivity index (χ0v) is 25.7. The number of amides is 1. The van der Waals surface area contributed by atoms with Crippen LogP contribution in [0.2, 0.25) is 10.0 Å². The van der Waals surface area contributed by atoms with Crippen molar-refractivity contribution in [3.63, 3.8) is 0 Å². The lowest BCUT2D eigenvalue weighted by atomic mass is 10.0. The molecule has 4 aromatic rings. The van der Waals surface area contributed by atoms with E-state index in [9.17, 15) is 24.7 Å². The van der Waals surface area contributed by atoms with Crippen LogP contribution in [0.4, 0.5) is 0 Å². The summed E-state index contributed by atoms with van der Waals surface area (Å²) in [5, 5.41) is 33.6. The number of hydrogen-bond donors (Lipinski definition) is 3. The largest absolute Gasteiger partial charge is 0.497 e. The Morgan fingerprint density at radius 2 is 1.48 bits per heavy atom. The second-order valence-electron chi connectivity index (χ2n) is 9.78. The van der Waals surface area contributed by atoms with Gasteiger partial charge >= 0.3 is 5.97 Å². The van der Waals surface area contributed by atoms with Crippen molar-refractivity contribution in [2.75, 3.05) is 14.2 Å². The molecule has 0 saturated heterocycles. The zero-order valence-electron chi connectivity index (χ0n) is 24.2. The van der Waals surface area contributed by atoms with Crippen molar-refractivity contribution in [3.8, 4) is 22.7 Å². The molecule has 0 aliphatic carbocycles. The van der Waals surface area contributed by atoms with Crippen molar-refractivity contribution in [1.82, 2.24) is 14.8 Å². The van der Waals surface area contributed by atoms with E-state index < -0.39 is 12.1 Å². The number of aryl methyl sites for hydroxylation is 1. The molecule has 3 N–H and O–H groups in total. The Kier molecular flexibility index (Phi) is 16.7. The van der Waals surface area contributed by atoms with Crippen molar-refractivity contribution < 1.29 is 34.5 Å². The Bertz CT molecular complexity index is 1540. The molecule has 1 atom stereocenters. The fourth-order valence-electron chi connectivity index (χ4n) is 4.06. The first-order valence-corrected chi connectivity index (χ1v) is 14.4. The summed E-state index contributed by atoms with van der Waals surface area (Å²) in [6, 6.07) is 23.4. The number of carboxylic acid groups (broad SMARTS) is 1. The van der Waals surface area contributed by atoms with E-state index in [1.165, 1.54) is 7.05 Å². The number of carbonyl (C=O) groups is 3. The van der Waals surface area contributed by atoms with Crippen molar-refractivity contribution in [2.45, 2.75) is 53.1 Å². The van der Waals surface area contributed by atoms with Crippen molar-refractivity contribution in [2.24, 2.45) is 0 Å². The topological polar surface area (TPSA) is 142 Å². The van der Waals surface area contributed by atoms with Gasteiger partial charge in [0.15, 0.2) is 5.78 Å². The lowest BCUT2D eigenvalue weighted by Gasteiger charge is -2.09. The second kappa shape index (κ2) is 19.3. The molecule has 1 amide bonds. The van der Waals surface area contributed by atoms with Crippen LogP contribution in [0.5, 0.6) is 5.75 Å². The number of ketones is 1. The van der Waals surface area contributed by atoms with Crippen LogP contribution in [0, 0.1) is 0 Å². The number of nitrogens with zero attached hydrogens (tertiary/aromatic N) is 3. The Hall–Kier alpha value is -4.22. The lowest BCUT2D eigenvalue weighted by Crippen LogP contribution is -2.22. The Morgan fingerprint density at radius 3 is 2.00 bits per heavy atom. The van der Waals surface area contributed by atoms with Crippen LogP contribution in [-0.2, 0) is 16.0 Å². The molecule has 0 radical (unpaired) electrons. The molecule has 0 aliphatic rings. The first-order valence-electron chi connectivity index (χ1n) is 13.6. The normalized spacial score (nSPS) is 10.7. The number of carboxylic acids is 1. The average Bonchev–Trinajstić information content (AvgIpc) is 3.44. The van der Waals surface area contributed by atoms with Gasteiger partial charge in [0.25, 0.3) is 0 Å². The fraction of sp³-hybridized carbons (Fsp3) is 0.294. The molecule has 1 unspecified atom stereocenters. The first kappa shape index (κ1) is 39.8. The zero-order chi connectivity index (χ0) is 32.2. The van der Waals surface area contributed by atoms with E-state index in [1.807, 2.05) is 59.3 Å². The number of ether oxygens (including phenoxy) is 1. The van der Waals surface area contributed by atoms with Gasteiger partial charge in [-0.1, -0.05) is 50.2 Å². The minimum atomic E-state index is -0.983. The summed E-state index contributed by atoms with van der Waals surface area (Å²) >= 11 is 11.7. The van der Waals surface area contributed by atoms with Crippen LogP contribution in [-0.4, -0.2) is 68.2 Å². The molecule has 1 aromatic heterocycles. The molecular formula is C34H41Cl2N3O7. The molecule has 0 spiro atoms. The summed E-state index contributed by atoms with van der Waals surface area (Å²) in [6.07, 6.45) is -0.465. The second-order valence-corrected chi connectivity index (χ2v) is 10.6. The Balaban J connectivity index is 0.000000486. The maximum absolute atomic E-state index is 11.7. The fourth-order valence-corrected chi connectivity index (χ4v) is 4.31. The van der Waals surface area contributed by atoms with Crippen molar-refractivity contribution >= 4 is 40.9 Å². The number of hydroxylamine groups is 2.